The molecule has 2 aromatic carbocycles. The van der Waals surface area contributed by atoms with Crippen LogP contribution < -0.4 is 15.4 Å². The van der Waals surface area contributed by atoms with Crippen molar-refractivity contribution in [1.29, 1.82) is 0 Å². The minimum Gasteiger partial charge on any atom is -0.489 e. The zero-order chi connectivity index (χ0) is 19.3. The Kier molecular flexibility index (Phi) is 5.60. The summed E-state index contributed by atoms with van der Waals surface area (Å²) in [6.07, 6.45) is 1.74. The Morgan fingerprint density at radius 3 is 2.63 bits per heavy atom. The van der Waals surface area contributed by atoms with Gasteiger partial charge in [-0.05, 0) is 29.2 Å². The molecule has 5 heteroatoms. The molecule has 2 amide bonds. The fraction of sp³-hybridized carbons (Fsp3) is 0.273. The maximum Gasteiger partial charge on any atom is 0.319 e. The van der Waals surface area contributed by atoms with E-state index in [2.05, 4.69) is 36.4 Å². The van der Waals surface area contributed by atoms with Crippen molar-refractivity contribution in [3.8, 4) is 5.75 Å². The number of nitrogens with one attached hydrogen (secondary N) is 2. The van der Waals surface area contributed by atoms with E-state index >= 15 is 0 Å². The number of ether oxygens (including phenoxy) is 1. The van der Waals surface area contributed by atoms with Crippen molar-refractivity contribution in [3.63, 3.8) is 0 Å². The maximum absolute atomic E-state index is 12.2. The van der Waals surface area contributed by atoms with Gasteiger partial charge in [-0.1, -0.05) is 57.2 Å². The number of benzene rings is 2. The van der Waals surface area contributed by atoms with Gasteiger partial charge in [-0.25, -0.2) is 4.79 Å². The quantitative estimate of drug-likeness (QED) is 0.644. The summed E-state index contributed by atoms with van der Waals surface area (Å²) >= 11 is 0. The summed E-state index contributed by atoms with van der Waals surface area (Å²) in [6.45, 7) is 7.13. The van der Waals surface area contributed by atoms with Crippen LogP contribution in [0.25, 0.3) is 10.9 Å². The topological polar surface area (TPSA) is 63.2 Å². The fourth-order valence-corrected chi connectivity index (χ4v) is 2.93. The number of urea groups is 1. The smallest absolute Gasteiger partial charge is 0.319 e. The Morgan fingerprint density at radius 2 is 1.81 bits per heavy atom. The van der Waals surface area contributed by atoms with Gasteiger partial charge in [-0.15, -0.1) is 0 Å². The van der Waals surface area contributed by atoms with Crippen molar-refractivity contribution in [2.75, 3.05) is 18.5 Å². The van der Waals surface area contributed by atoms with E-state index in [0.29, 0.717) is 18.9 Å². The first-order valence-corrected chi connectivity index (χ1v) is 9.06. The zero-order valence-corrected chi connectivity index (χ0v) is 16.0. The summed E-state index contributed by atoms with van der Waals surface area (Å²) in [4.78, 5) is 16.6. The molecule has 0 aliphatic heterocycles. The van der Waals surface area contributed by atoms with Gasteiger partial charge in [0.25, 0.3) is 0 Å². The lowest BCUT2D eigenvalue weighted by Gasteiger charge is -2.23. The van der Waals surface area contributed by atoms with Crippen LogP contribution in [0.1, 0.15) is 26.3 Å². The highest BCUT2D eigenvalue weighted by atomic mass is 16.5. The molecule has 0 aliphatic rings. The minimum atomic E-state index is -0.244. The molecule has 0 fully saturated rings. The molecule has 0 spiro atoms. The first-order valence-electron chi connectivity index (χ1n) is 9.06. The molecule has 140 valence electrons. The number of amides is 2. The minimum absolute atomic E-state index is 0.0473. The summed E-state index contributed by atoms with van der Waals surface area (Å²) in [7, 11) is 0. The molecular weight excluding hydrogens is 338 g/mol. The van der Waals surface area contributed by atoms with E-state index in [1.807, 2.05) is 54.6 Å². The Labute approximate surface area is 159 Å². The molecule has 0 bridgehead atoms. The van der Waals surface area contributed by atoms with Gasteiger partial charge in [0.15, 0.2) is 0 Å². The number of pyridine rings is 1. The molecule has 2 N–H and O–H groups in total. The van der Waals surface area contributed by atoms with Crippen LogP contribution >= 0.6 is 0 Å². The van der Waals surface area contributed by atoms with Crippen LogP contribution in [0.5, 0.6) is 5.75 Å². The van der Waals surface area contributed by atoms with E-state index in [4.69, 9.17) is 4.74 Å². The lowest BCUT2D eigenvalue weighted by Crippen LogP contribution is -2.33. The van der Waals surface area contributed by atoms with Gasteiger partial charge in [0.2, 0.25) is 0 Å². The maximum atomic E-state index is 12.2. The van der Waals surface area contributed by atoms with Gasteiger partial charge in [-0.2, -0.15) is 0 Å². The van der Waals surface area contributed by atoms with Crippen molar-refractivity contribution in [1.82, 2.24) is 10.3 Å². The Morgan fingerprint density at radius 1 is 1.04 bits per heavy atom. The van der Waals surface area contributed by atoms with Crippen molar-refractivity contribution in [3.05, 3.63) is 66.4 Å². The summed E-state index contributed by atoms with van der Waals surface area (Å²) in [5.74, 6) is 0.716. The zero-order valence-electron chi connectivity index (χ0n) is 16.0. The van der Waals surface area contributed by atoms with Crippen LogP contribution in [0.15, 0.2) is 60.8 Å². The SMILES string of the molecule is CC(C)(C)c1ccccc1NC(=O)NCCOc1cccc2cccnc12. The van der Waals surface area contributed by atoms with Crippen LogP contribution in [-0.2, 0) is 5.41 Å². The number of carbonyl (C=O) groups excluding carboxylic acids is 1. The van der Waals surface area contributed by atoms with Crippen LogP contribution in [-0.4, -0.2) is 24.2 Å². The first-order chi connectivity index (χ1) is 12.9. The van der Waals surface area contributed by atoms with Crippen LogP contribution in [0, 0.1) is 0 Å². The number of aromatic nitrogens is 1. The van der Waals surface area contributed by atoms with Gasteiger partial charge in [0.05, 0.1) is 6.54 Å². The molecule has 0 radical (unpaired) electrons. The second kappa shape index (κ2) is 8.08. The number of hydrogen-bond acceptors (Lipinski definition) is 3. The van der Waals surface area contributed by atoms with Crippen molar-refractivity contribution >= 4 is 22.6 Å². The molecular formula is C22H25N3O2. The van der Waals surface area contributed by atoms with Crippen molar-refractivity contribution in [2.24, 2.45) is 0 Å². The average molecular weight is 363 g/mol. The van der Waals surface area contributed by atoms with Crippen molar-refractivity contribution < 1.29 is 9.53 Å². The van der Waals surface area contributed by atoms with E-state index in [0.717, 1.165) is 22.2 Å². The largest absolute Gasteiger partial charge is 0.489 e. The predicted octanol–water partition coefficient (Wildman–Crippen LogP) is 4.73. The summed E-state index contributed by atoms with van der Waals surface area (Å²) in [5, 5.41) is 6.79. The Hall–Kier alpha value is -3.08. The number of para-hydroxylation sites is 2. The molecule has 0 saturated carbocycles. The highest BCUT2D eigenvalue weighted by Gasteiger charge is 2.18. The van der Waals surface area contributed by atoms with E-state index in [1.165, 1.54) is 0 Å². The van der Waals surface area contributed by atoms with Crippen LogP contribution in [0.3, 0.4) is 0 Å². The van der Waals surface area contributed by atoms with Gasteiger partial charge in [-0.3, -0.25) is 4.98 Å². The van der Waals surface area contributed by atoms with Gasteiger partial charge >= 0.3 is 6.03 Å². The molecule has 5 nitrogen and oxygen atoms in total. The Balaban J connectivity index is 1.53. The second-order valence-electron chi connectivity index (χ2n) is 7.36. The molecule has 3 rings (SSSR count). The predicted molar refractivity (Wildman–Crippen MR) is 109 cm³/mol. The van der Waals surface area contributed by atoms with Crippen molar-refractivity contribution in [2.45, 2.75) is 26.2 Å². The number of anilines is 1. The normalized spacial score (nSPS) is 11.2. The third-order valence-corrected chi connectivity index (χ3v) is 4.22. The van der Waals surface area contributed by atoms with Gasteiger partial charge < -0.3 is 15.4 Å². The van der Waals surface area contributed by atoms with E-state index < -0.39 is 0 Å². The molecule has 0 atom stereocenters. The monoisotopic (exact) mass is 363 g/mol. The highest BCUT2D eigenvalue weighted by Crippen LogP contribution is 2.29. The molecule has 1 aromatic heterocycles. The molecule has 0 unspecified atom stereocenters. The molecule has 0 aliphatic carbocycles. The molecule has 0 saturated heterocycles. The lowest BCUT2D eigenvalue weighted by atomic mass is 9.86. The average Bonchev–Trinajstić information content (AvgIpc) is 2.65. The van der Waals surface area contributed by atoms with Gasteiger partial charge in [0.1, 0.15) is 17.9 Å². The van der Waals surface area contributed by atoms with Crippen LogP contribution in [0.2, 0.25) is 0 Å². The fourth-order valence-electron chi connectivity index (χ4n) is 2.93. The third kappa shape index (κ3) is 4.76. The molecule has 27 heavy (non-hydrogen) atoms. The molecule has 1 heterocycles. The first kappa shape index (κ1) is 18.7. The number of carbonyl (C=O) groups is 1. The highest BCUT2D eigenvalue weighted by molar-refractivity contribution is 5.90. The lowest BCUT2D eigenvalue weighted by molar-refractivity contribution is 0.247. The summed E-state index contributed by atoms with van der Waals surface area (Å²) < 4.78 is 5.79. The standard InChI is InChI=1S/C22H25N3O2/c1-22(2,3)17-10-4-5-11-18(17)25-21(26)24-14-15-27-19-12-6-8-16-9-7-13-23-20(16)19/h4-13H,14-15H2,1-3H3,(H2,24,25,26). The van der Waals surface area contributed by atoms with Gasteiger partial charge in [0, 0.05) is 17.3 Å². The summed E-state index contributed by atoms with van der Waals surface area (Å²) in [5.41, 5.74) is 2.69. The number of rotatable bonds is 5. The molecule has 3 aromatic rings. The van der Waals surface area contributed by atoms with E-state index in [1.54, 1.807) is 6.20 Å². The number of hydrogen-bond donors (Lipinski definition) is 2. The van der Waals surface area contributed by atoms with Crippen LogP contribution in [0.4, 0.5) is 10.5 Å². The Bertz CT molecular complexity index is 927. The summed E-state index contributed by atoms with van der Waals surface area (Å²) in [6, 6.07) is 17.3. The van der Waals surface area contributed by atoms with E-state index in [9.17, 15) is 4.79 Å². The van der Waals surface area contributed by atoms with E-state index in [-0.39, 0.29) is 11.4 Å². The number of nitrogens with zero attached hydrogens (tertiary/aromatic N) is 1. The number of fused-ring (bicyclic) bond motifs is 1. The second-order valence-corrected chi connectivity index (χ2v) is 7.36. The third-order valence-electron chi connectivity index (χ3n) is 4.22.